The molecule has 2 aromatic heterocycles. The lowest BCUT2D eigenvalue weighted by atomic mass is 10.0. The fourth-order valence-corrected chi connectivity index (χ4v) is 3.70. The molecule has 4 aromatic rings. The van der Waals surface area contributed by atoms with E-state index >= 15 is 0 Å². The van der Waals surface area contributed by atoms with E-state index in [9.17, 15) is 13.6 Å². The fraction of sp³-hybridized carbons (Fsp3) is 0.208. The summed E-state index contributed by atoms with van der Waals surface area (Å²) in [5.41, 5.74) is 8.43. The number of benzene rings is 2. The van der Waals surface area contributed by atoms with E-state index in [1.165, 1.54) is 31.6 Å². The van der Waals surface area contributed by atoms with Crippen molar-refractivity contribution in [3.8, 4) is 17.0 Å². The number of rotatable bonds is 8. The van der Waals surface area contributed by atoms with Gasteiger partial charge in [-0.15, -0.1) is 12.4 Å². The molecule has 0 unspecified atom stereocenters. The molecule has 1 amide bonds. The molecule has 8 nitrogen and oxygen atoms in total. The third kappa shape index (κ3) is 5.03. The Balaban J connectivity index is 0.00000342. The average molecular weight is 503 g/mol. The van der Waals surface area contributed by atoms with Crippen molar-refractivity contribution in [2.24, 2.45) is 5.73 Å². The number of methoxy groups -OCH3 is 1. The van der Waals surface area contributed by atoms with Crippen LogP contribution in [0.25, 0.3) is 16.9 Å². The molecular weight excluding hydrogens is 478 g/mol. The number of anilines is 2. The molecule has 4 rings (SSSR count). The average Bonchev–Trinajstić information content (AvgIpc) is 3.29. The molecule has 0 atom stereocenters. The van der Waals surface area contributed by atoms with Gasteiger partial charge in [-0.25, -0.2) is 14.4 Å². The van der Waals surface area contributed by atoms with E-state index in [4.69, 9.17) is 10.5 Å². The minimum Gasteiger partial charge on any atom is -0.494 e. The number of aromatic nitrogens is 3. The van der Waals surface area contributed by atoms with Gasteiger partial charge in [-0.2, -0.15) is 4.39 Å². The molecule has 2 aromatic carbocycles. The molecule has 4 N–H and O–H groups in total. The summed E-state index contributed by atoms with van der Waals surface area (Å²) in [5, 5.41) is 5.98. The van der Waals surface area contributed by atoms with Crippen molar-refractivity contribution in [3.05, 3.63) is 71.7 Å². The maximum Gasteiger partial charge on any atom is 0.251 e. The minimum atomic E-state index is -1.06. The number of nitrogens with zero attached hydrogens (tertiary/aromatic N) is 3. The molecule has 0 spiro atoms. The maximum absolute atomic E-state index is 14.7. The quantitative estimate of drug-likeness (QED) is 0.335. The van der Waals surface area contributed by atoms with E-state index in [-0.39, 0.29) is 29.6 Å². The van der Waals surface area contributed by atoms with E-state index in [0.717, 1.165) is 5.56 Å². The Kier molecular flexibility index (Phi) is 8.21. The first kappa shape index (κ1) is 25.9. The lowest BCUT2D eigenvalue weighted by Crippen LogP contribution is -2.29. The molecule has 0 bridgehead atoms. The van der Waals surface area contributed by atoms with Crippen LogP contribution in [0.4, 0.5) is 20.3 Å². The second-order valence-electron chi connectivity index (χ2n) is 7.45. The zero-order valence-electron chi connectivity index (χ0n) is 19.1. The van der Waals surface area contributed by atoms with Crippen LogP contribution in [0.3, 0.4) is 0 Å². The molecule has 35 heavy (non-hydrogen) atoms. The van der Waals surface area contributed by atoms with Crippen LogP contribution < -0.4 is 21.1 Å². The lowest BCUT2D eigenvalue weighted by Gasteiger charge is -2.13. The second-order valence-corrected chi connectivity index (χ2v) is 7.45. The van der Waals surface area contributed by atoms with Gasteiger partial charge >= 0.3 is 0 Å². The maximum atomic E-state index is 14.7. The predicted octanol–water partition coefficient (Wildman–Crippen LogP) is 4.10. The number of amides is 1. The van der Waals surface area contributed by atoms with Crippen molar-refractivity contribution in [1.82, 2.24) is 19.7 Å². The van der Waals surface area contributed by atoms with Crippen LogP contribution >= 0.6 is 12.4 Å². The van der Waals surface area contributed by atoms with Crippen molar-refractivity contribution in [2.45, 2.75) is 13.3 Å². The molecule has 2 heterocycles. The van der Waals surface area contributed by atoms with Gasteiger partial charge in [0.2, 0.25) is 5.82 Å². The van der Waals surface area contributed by atoms with E-state index < -0.39 is 11.6 Å². The number of halogens is 3. The Morgan fingerprint density at radius 3 is 2.69 bits per heavy atom. The Morgan fingerprint density at radius 1 is 1.17 bits per heavy atom. The van der Waals surface area contributed by atoms with Crippen LogP contribution in [0.1, 0.15) is 22.8 Å². The Hall–Kier alpha value is -3.76. The highest BCUT2D eigenvalue weighted by Gasteiger charge is 2.19. The summed E-state index contributed by atoms with van der Waals surface area (Å²) in [6, 6.07) is 8.18. The predicted molar refractivity (Wildman–Crippen MR) is 133 cm³/mol. The van der Waals surface area contributed by atoms with Gasteiger partial charge < -0.3 is 21.1 Å². The lowest BCUT2D eigenvalue weighted by molar-refractivity contribution is 0.0954. The topological polar surface area (TPSA) is 107 Å². The monoisotopic (exact) mass is 502 g/mol. The standard InChI is InChI=1S/C24H24F2N6O2.ClH/c1-3-14-12-15(4-5-16(14)24(33)29-9-8-27)31-22-23-30-13-18(32(23)11-10-28-22)17-6-7-19(34-2)21(26)20(17)25;/h4-7,10-13H,3,8-9,27H2,1-2H3,(H,28,31)(H,29,33);1H. The highest BCUT2D eigenvalue weighted by atomic mass is 35.5. The molecule has 0 fully saturated rings. The van der Waals surface area contributed by atoms with E-state index in [1.54, 1.807) is 22.7 Å². The molecule has 0 aliphatic carbocycles. The molecule has 0 saturated carbocycles. The van der Waals surface area contributed by atoms with Crippen molar-refractivity contribution >= 4 is 35.5 Å². The number of imidazole rings is 1. The second kappa shape index (κ2) is 11.1. The molecule has 0 aliphatic heterocycles. The smallest absolute Gasteiger partial charge is 0.251 e. The summed E-state index contributed by atoms with van der Waals surface area (Å²) in [5.74, 6) is -2.02. The number of ether oxygens (including phenoxy) is 1. The third-order valence-electron chi connectivity index (χ3n) is 5.39. The first-order valence-corrected chi connectivity index (χ1v) is 10.7. The van der Waals surface area contributed by atoms with Crippen molar-refractivity contribution in [2.75, 3.05) is 25.5 Å². The first-order valence-electron chi connectivity index (χ1n) is 10.7. The highest BCUT2D eigenvalue weighted by molar-refractivity contribution is 5.96. The summed E-state index contributed by atoms with van der Waals surface area (Å²) in [4.78, 5) is 21.1. The summed E-state index contributed by atoms with van der Waals surface area (Å²) >= 11 is 0. The molecule has 11 heteroatoms. The Bertz CT molecular complexity index is 1360. The number of fused-ring (bicyclic) bond motifs is 1. The first-order chi connectivity index (χ1) is 16.5. The fourth-order valence-electron chi connectivity index (χ4n) is 3.70. The van der Waals surface area contributed by atoms with Crippen LogP contribution in [0.2, 0.25) is 0 Å². The van der Waals surface area contributed by atoms with Crippen LogP contribution in [0.15, 0.2) is 48.9 Å². The number of carbonyl (C=O) groups excluding carboxylic acids is 1. The van der Waals surface area contributed by atoms with Crippen LogP contribution in [0.5, 0.6) is 5.75 Å². The highest BCUT2D eigenvalue weighted by Crippen LogP contribution is 2.31. The van der Waals surface area contributed by atoms with Crippen LogP contribution in [-0.2, 0) is 6.42 Å². The zero-order chi connectivity index (χ0) is 24.2. The van der Waals surface area contributed by atoms with Gasteiger partial charge in [-0.1, -0.05) is 6.92 Å². The number of aryl methyl sites for hydroxylation is 1. The summed E-state index contributed by atoms with van der Waals surface area (Å²) in [6.45, 7) is 2.72. The zero-order valence-corrected chi connectivity index (χ0v) is 20.0. The van der Waals surface area contributed by atoms with Crippen LogP contribution in [0, 0.1) is 11.6 Å². The number of hydrogen-bond acceptors (Lipinski definition) is 6. The number of nitrogens with two attached hydrogens (primary N) is 1. The van der Waals surface area contributed by atoms with Gasteiger partial charge in [0.15, 0.2) is 23.0 Å². The Morgan fingerprint density at radius 2 is 1.97 bits per heavy atom. The van der Waals surface area contributed by atoms with Gasteiger partial charge in [0.25, 0.3) is 5.91 Å². The van der Waals surface area contributed by atoms with Crippen LogP contribution in [-0.4, -0.2) is 40.5 Å². The van der Waals surface area contributed by atoms with Gasteiger partial charge in [-0.05, 0) is 42.3 Å². The van der Waals surface area contributed by atoms with Gasteiger partial charge in [0.1, 0.15) is 0 Å². The molecule has 0 radical (unpaired) electrons. The summed E-state index contributed by atoms with van der Waals surface area (Å²) in [7, 11) is 1.28. The number of carbonyl (C=O) groups is 1. The van der Waals surface area contributed by atoms with Gasteiger partial charge in [-0.3, -0.25) is 9.20 Å². The van der Waals surface area contributed by atoms with Gasteiger partial charge in [0, 0.05) is 42.3 Å². The largest absolute Gasteiger partial charge is 0.494 e. The Labute approximate surface area is 206 Å². The van der Waals surface area contributed by atoms with Gasteiger partial charge in [0.05, 0.1) is 19.0 Å². The SMILES string of the molecule is CCc1cc(Nc2nccn3c(-c4ccc(OC)c(F)c4F)cnc23)ccc1C(=O)NCCN.Cl. The van der Waals surface area contributed by atoms with E-state index in [0.29, 0.717) is 47.9 Å². The molecule has 0 saturated heterocycles. The molecule has 184 valence electrons. The summed E-state index contributed by atoms with van der Waals surface area (Å²) < 4.78 is 35.4. The molecular formula is C24H25ClF2N6O2. The van der Waals surface area contributed by atoms with E-state index in [2.05, 4.69) is 20.6 Å². The van der Waals surface area contributed by atoms with E-state index in [1.807, 2.05) is 13.0 Å². The number of nitrogens with one attached hydrogen (secondary N) is 2. The summed E-state index contributed by atoms with van der Waals surface area (Å²) in [6.07, 6.45) is 5.25. The molecule has 0 aliphatic rings. The minimum absolute atomic E-state index is 0. The number of hydrogen-bond donors (Lipinski definition) is 3. The van der Waals surface area contributed by atoms with Crippen molar-refractivity contribution in [1.29, 1.82) is 0 Å². The third-order valence-corrected chi connectivity index (χ3v) is 5.39. The van der Waals surface area contributed by atoms with Crippen molar-refractivity contribution in [3.63, 3.8) is 0 Å². The normalized spacial score (nSPS) is 10.7. The van der Waals surface area contributed by atoms with Crippen molar-refractivity contribution < 1.29 is 18.3 Å².